The normalized spacial score (nSPS) is 36.7. The van der Waals surface area contributed by atoms with E-state index < -0.39 is 0 Å². The van der Waals surface area contributed by atoms with E-state index in [9.17, 15) is 0 Å². The molecule has 0 aromatic carbocycles. The summed E-state index contributed by atoms with van der Waals surface area (Å²) >= 11 is 0. The second kappa shape index (κ2) is 4.91. The molecule has 0 bridgehead atoms. The molecule has 2 rings (SSSR count). The molecule has 0 atom stereocenters. The molecule has 1 heteroatoms. The molecule has 0 unspecified atom stereocenters. The van der Waals surface area contributed by atoms with Crippen molar-refractivity contribution in [1.82, 2.24) is 0 Å². The van der Waals surface area contributed by atoms with Crippen molar-refractivity contribution in [3.05, 3.63) is 0 Å². The molecule has 2 fully saturated rings. The van der Waals surface area contributed by atoms with Crippen molar-refractivity contribution >= 4 is 0 Å². The van der Waals surface area contributed by atoms with Crippen LogP contribution in [0.1, 0.15) is 72.1 Å². The molecule has 0 aliphatic heterocycles. The quantitative estimate of drug-likeness (QED) is 0.759. The Hall–Kier alpha value is -0.0400. The van der Waals surface area contributed by atoms with Crippen molar-refractivity contribution in [2.45, 2.75) is 72.1 Å². The molecule has 2 aliphatic carbocycles. The fourth-order valence-electron chi connectivity index (χ4n) is 4.08. The van der Waals surface area contributed by atoms with Crippen molar-refractivity contribution in [3.63, 3.8) is 0 Å². The van der Waals surface area contributed by atoms with Gasteiger partial charge in [-0.2, -0.15) is 0 Å². The summed E-state index contributed by atoms with van der Waals surface area (Å²) in [5.74, 6) is 1.89. The molecule has 0 spiro atoms. The van der Waals surface area contributed by atoms with Crippen LogP contribution in [0.3, 0.4) is 0 Å². The van der Waals surface area contributed by atoms with Crippen LogP contribution >= 0.6 is 0 Å². The Bertz CT molecular complexity index is 238. The summed E-state index contributed by atoms with van der Waals surface area (Å²) in [6.07, 6.45) is 11.3. The Labute approximate surface area is 108 Å². The number of hydrogen-bond donors (Lipinski definition) is 1. The zero-order valence-electron chi connectivity index (χ0n) is 12.1. The summed E-state index contributed by atoms with van der Waals surface area (Å²) < 4.78 is 0. The van der Waals surface area contributed by atoms with Gasteiger partial charge < -0.3 is 5.73 Å². The monoisotopic (exact) mass is 237 g/mol. The molecule has 2 saturated carbocycles. The van der Waals surface area contributed by atoms with E-state index in [1.807, 2.05) is 0 Å². The van der Waals surface area contributed by atoms with E-state index in [0.29, 0.717) is 10.8 Å². The molecule has 17 heavy (non-hydrogen) atoms. The van der Waals surface area contributed by atoms with Crippen LogP contribution in [0, 0.1) is 22.7 Å². The van der Waals surface area contributed by atoms with E-state index in [2.05, 4.69) is 20.8 Å². The zero-order chi connectivity index (χ0) is 12.5. The highest BCUT2D eigenvalue weighted by Crippen LogP contribution is 2.52. The second-order valence-corrected chi connectivity index (χ2v) is 7.69. The average molecular weight is 237 g/mol. The molecule has 2 aliphatic rings. The van der Waals surface area contributed by atoms with Crippen LogP contribution in [-0.4, -0.2) is 6.54 Å². The molecule has 100 valence electrons. The number of rotatable bonds is 2. The summed E-state index contributed by atoms with van der Waals surface area (Å²) in [4.78, 5) is 0. The molecular weight excluding hydrogens is 206 g/mol. The smallest absolute Gasteiger partial charge is 0.00179 e. The van der Waals surface area contributed by atoms with Crippen LogP contribution in [0.5, 0.6) is 0 Å². The summed E-state index contributed by atoms with van der Waals surface area (Å²) in [6, 6.07) is 0. The lowest BCUT2D eigenvalue weighted by atomic mass is 9.57. The lowest BCUT2D eigenvalue weighted by Gasteiger charge is -2.49. The summed E-state index contributed by atoms with van der Waals surface area (Å²) in [5.41, 5.74) is 7.27. The molecule has 1 nitrogen and oxygen atoms in total. The van der Waals surface area contributed by atoms with Crippen molar-refractivity contribution in [2.24, 2.45) is 28.4 Å². The number of nitrogens with two attached hydrogens (primary N) is 1. The first kappa shape index (κ1) is 13.4. The highest BCUT2D eigenvalue weighted by atomic mass is 14.6. The predicted octanol–water partition coefficient (Wildman–Crippen LogP) is 4.36. The van der Waals surface area contributed by atoms with Crippen molar-refractivity contribution in [3.8, 4) is 0 Å². The van der Waals surface area contributed by atoms with Gasteiger partial charge in [-0.1, -0.05) is 33.6 Å². The van der Waals surface area contributed by atoms with Crippen molar-refractivity contribution in [2.75, 3.05) is 6.54 Å². The zero-order valence-corrected chi connectivity index (χ0v) is 12.1. The number of hydrogen-bond acceptors (Lipinski definition) is 1. The van der Waals surface area contributed by atoms with Crippen LogP contribution in [0.25, 0.3) is 0 Å². The summed E-state index contributed by atoms with van der Waals surface area (Å²) in [6.45, 7) is 8.20. The maximum Gasteiger partial charge on any atom is -0.00179 e. The van der Waals surface area contributed by atoms with Crippen molar-refractivity contribution in [1.29, 1.82) is 0 Å². The van der Waals surface area contributed by atoms with Crippen LogP contribution in [0.2, 0.25) is 0 Å². The topological polar surface area (TPSA) is 26.0 Å². The van der Waals surface area contributed by atoms with E-state index in [4.69, 9.17) is 5.73 Å². The standard InChI is InChI=1S/C16H31N/c1-13-4-6-14(7-5-13)16(12-17)10-8-15(2,3)9-11-16/h13-14H,4-12,17H2,1-3H3. The van der Waals surface area contributed by atoms with Gasteiger partial charge in [-0.25, -0.2) is 0 Å². The largest absolute Gasteiger partial charge is 0.330 e. The molecule has 2 N–H and O–H groups in total. The van der Waals surface area contributed by atoms with Gasteiger partial charge in [0.05, 0.1) is 0 Å². The summed E-state index contributed by atoms with van der Waals surface area (Å²) in [5, 5.41) is 0. The van der Waals surface area contributed by atoms with E-state index >= 15 is 0 Å². The van der Waals surface area contributed by atoms with E-state index in [0.717, 1.165) is 18.4 Å². The predicted molar refractivity (Wildman–Crippen MR) is 74.9 cm³/mol. The van der Waals surface area contributed by atoms with E-state index in [1.54, 1.807) is 0 Å². The molecule has 0 aromatic heterocycles. The van der Waals surface area contributed by atoms with Crippen LogP contribution in [0.15, 0.2) is 0 Å². The minimum atomic E-state index is 0.510. The fourth-order valence-corrected chi connectivity index (χ4v) is 4.08. The van der Waals surface area contributed by atoms with Gasteiger partial charge in [0, 0.05) is 0 Å². The maximum atomic E-state index is 6.19. The second-order valence-electron chi connectivity index (χ2n) is 7.69. The molecular formula is C16H31N. The Morgan fingerprint density at radius 3 is 1.94 bits per heavy atom. The summed E-state index contributed by atoms with van der Waals surface area (Å²) in [7, 11) is 0. The maximum absolute atomic E-state index is 6.19. The average Bonchev–Trinajstić information content (AvgIpc) is 2.31. The fraction of sp³-hybridized carbons (Fsp3) is 1.00. The van der Waals surface area contributed by atoms with E-state index in [-0.39, 0.29) is 0 Å². The molecule has 0 saturated heterocycles. The lowest BCUT2D eigenvalue weighted by Crippen LogP contribution is -2.44. The highest BCUT2D eigenvalue weighted by molar-refractivity contribution is 4.95. The first-order chi connectivity index (χ1) is 7.97. The first-order valence-electron chi connectivity index (χ1n) is 7.68. The van der Waals surface area contributed by atoms with Crippen LogP contribution in [0.4, 0.5) is 0 Å². The minimum absolute atomic E-state index is 0.510. The Balaban J connectivity index is 2.00. The Morgan fingerprint density at radius 1 is 0.941 bits per heavy atom. The van der Waals surface area contributed by atoms with Gasteiger partial charge in [0.25, 0.3) is 0 Å². The van der Waals surface area contributed by atoms with Crippen LogP contribution in [-0.2, 0) is 0 Å². The molecule has 0 heterocycles. The van der Waals surface area contributed by atoms with Gasteiger partial charge in [-0.3, -0.25) is 0 Å². The van der Waals surface area contributed by atoms with E-state index in [1.165, 1.54) is 51.4 Å². The third-order valence-electron chi connectivity index (χ3n) is 5.89. The third-order valence-corrected chi connectivity index (χ3v) is 5.89. The van der Waals surface area contributed by atoms with Crippen LogP contribution < -0.4 is 5.73 Å². The molecule has 0 amide bonds. The molecule has 0 aromatic rings. The van der Waals surface area contributed by atoms with Gasteiger partial charge in [-0.15, -0.1) is 0 Å². The lowest BCUT2D eigenvalue weighted by molar-refractivity contribution is 0.0259. The van der Waals surface area contributed by atoms with Gasteiger partial charge in [-0.05, 0) is 67.7 Å². The first-order valence-corrected chi connectivity index (χ1v) is 7.68. The minimum Gasteiger partial charge on any atom is -0.330 e. The van der Waals surface area contributed by atoms with Crippen molar-refractivity contribution < 1.29 is 0 Å². The third kappa shape index (κ3) is 2.86. The molecule has 0 radical (unpaired) electrons. The Morgan fingerprint density at radius 2 is 1.47 bits per heavy atom. The van der Waals surface area contributed by atoms with Gasteiger partial charge in [0.2, 0.25) is 0 Å². The van der Waals surface area contributed by atoms with Gasteiger partial charge >= 0.3 is 0 Å². The van der Waals surface area contributed by atoms with Gasteiger partial charge in [0.15, 0.2) is 0 Å². The highest BCUT2D eigenvalue weighted by Gasteiger charge is 2.43. The SMILES string of the molecule is CC1CCC(C2(CN)CCC(C)(C)CC2)CC1. The Kier molecular flexibility index (Phi) is 3.87. The van der Waals surface area contributed by atoms with Gasteiger partial charge in [0.1, 0.15) is 0 Å².